The molecule has 0 aromatic heterocycles. The number of rotatable bonds is 12. The Labute approximate surface area is 148 Å². The van der Waals surface area contributed by atoms with E-state index in [9.17, 15) is 19.2 Å². The summed E-state index contributed by atoms with van der Waals surface area (Å²) >= 11 is 0. The molecule has 0 aliphatic carbocycles. The Kier molecular flexibility index (Phi) is 12.1. The van der Waals surface area contributed by atoms with Crippen molar-refractivity contribution in [2.24, 2.45) is 0 Å². The van der Waals surface area contributed by atoms with E-state index in [1.165, 1.54) is 13.8 Å². The van der Waals surface area contributed by atoms with E-state index in [2.05, 4.69) is 0 Å². The molecule has 0 heterocycles. The summed E-state index contributed by atoms with van der Waals surface area (Å²) in [7, 11) is 0. The van der Waals surface area contributed by atoms with Crippen molar-refractivity contribution in [3.8, 4) is 0 Å². The van der Waals surface area contributed by atoms with Gasteiger partial charge in [-0.3, -0.25) is 19.2 Å². The Balaban J connectivity index is 3.90. The van der Waals surface area contributed by atoms with Crippen LogP contribution in [0.4, 0.5) is 0 Å². The first-order valence-corrected chi connectivity index (χ1v) is 8.56. The third-order valence-corrected chi connectivity index (χ3v) is 2.86. The number of carbonyl (C=O) groups excluding carboxylic acids is 4. The normalized spacial score (nSPS) is 12.6. The summed E-state index contributed by atoms with van der Waals surface area (Å²) in [5.74, 6) is -2.02. The Hall–Kier alpha value is -2.12. The molecule has 0 amide bonds. The molecule has 144 valence electrons. The van der Waals surface area contributed by atoms with E-state index in [-0.39, 0.29) is 32.1 Å². The molecule has 8 heteroatoms. The lowest BCUT2D eigenvalue weighted by molar-refractivity contribution is -0.184. The number of carbonyl (C=O) groups is 4. The van der Waals surface area contributed by atoms with Crippen molar-refractivity contribution in [2.75, 3.05) is 0 Å². The molecule has 0 spiro atoms. The Bertz CT molecular complexity index is 406. The van der Waals surface area contributed by atoms with E-state index >= 15 is 0 Å². The average molecular weight is 360 g/mol. The van der Waals surface area contributed by atoms with Crippen LogP contribution in [0.1, 0.15) is 72.6 Å². The van der Waals surface area contributed by atoms with Gasteiger partial charge in [-0.2, -0.15) is 0 Å². The highest BCUT2D eigenvalue weighted by molar-refractivity contribution is 5.73. The summed E-state index contributed by atoms with van der Waals surface area (Å²) in [4.78, 5) is 45.7. The number of esters is 4. The highest BCUT2D eigenvalue weighted by Crippen LogP contribution is 2.06. The maximum absolute atomic E-state index is 11.6. The van der Waals surface area contributed by atoms with Crippen molar-refractivity contribution in [2.45, 2.75) is 85.2 Å². The van der Waals surface area contributed by atoms with Gasteiger partial charge in [-0.25, -0.2) is 0 Å². The van der Waals surface area contributed by atoms with Crippen LogP contribution >= 0.6 is 0 Å². The number of hydrogen-bond acceptors (Lipinski definition) is 8. The first kappa shape index (κ1) is 22.9. The SMILES string of the molecule is CCCC(=O)OC(C)OC(=O)CCCC(=O)OC(C)OC(=O)CCC. The molecular formula is C17H28O8. The molecule has 0 aromatic carbocycles. The van der Waals surface area contributed by atoms with E-state index in [1.807, 2.05) is 13.8 Å². The van der Waals surface area contributed by atoms with Crippen molar-refractivity contribution in [1.29, 1.82) is 0 Å². The Morgan fingerprint density at radius 2 is 0.880 bits per heavy atom. The van der Waals surface area contributed by atoms with Crippen LogP contribution < -0.4 is 0 Å². The van der Waals surface area contributed by atoms with Gasteiger partial charge in [0.25, 0.3) is 0 Å². The Morgan fingerprint density at radius 1 is 0.600 bits per heavy atom. The molecule has 25 heavy (non-hydrogen) atoms. The van der Waals surface area contributed by atoms with Gasteiger partial charge in [-0.1, -0.05) is 13.8 Å². The van der Waals surface area contributed by atoms with Crippen LogP contribution in [-0.4, -0.2) is 36.5 Å². The third kappa shape index (κ3) is 12.9. The quantitative estimate of drug-likeness (QED) is 0.386. The van der Waals surface area contributed by atoms with Gasteiger partial charge >= 0.3 is 23.9 Å². The Morgan fingerprint density at radius 3 is 1.16 bits per heavy atom. The van der Waals surface area contributed by atoms with Gasteiger partial charge in [0.1, 0.15) is 0 Å². The second kappa shape index (κ2) is 13.2. The van der Waals surface area contributed by atoms with E-state index in [0.717, 1.165) is 0 Å². The van der Waals surface area contributed by atoms with Crippen LogP contribution in [0, 0.1) is 0 Å². The van der Waals surface area contributed by atoms with Crippen LogP contribution in [0.15, 0.2) is 0 Å². The molecule has 2 atom stereocenters. The molecule has 0 aliphatic heterocycles. The monoisotopic (exact) mass is 360 g/mol. The molecular weight excluding hydrogens is 332 g/mol. The first-order valence-electron chi connectivity index (χ1n) is 8.56. The van der Waals surface area contributed by atoms with Gasteiger partial charge in [-0.05, 0) is 19.3 Å². The number of ether oxygens (including phenoxy) is 4. The standard InChI is InChI=1S/C17H28O8/c1-5-8-14(18)22-12(3)24-16(20)10-7-11-17(21)25-13(4)23-15(19)9-6-2/h12-13H,5-11H2,1-4H3. The molecule has 0 aromatic rings. The summed E-state index contributed by atoms with van der Waals surface area (Å²) in [5, 5.41) is 0. The molecule has 0 aliphatic rings. The first-order chi connectivity index (χ1) is 11.8. The van der Waals surface area contributed by atoms with Gasteiger partial charge in [-0.15, -0.1) is 0 Å². The molecule has 0 saturated heterocycles. The summed E-state index contributed by atoms with van der Waals surface area (Å²) in [5.41, 5.74) is 0. The summed E-state index contributed by atoms with van der Waals surface area (Å²) in [6.07, 6.45) is 0.0605. The third-order valence-electron chi connectivity index (χ3n) is 2.86. The van der Waals surface area contributed by atoms with Gasteiger partial charge < -0.3 is 18.9 Å². The largest absolute Gasteiger partial charge is 0.425 e. The van der Waals surface area contributed by atoms with E-state index < -0.39 is 36.5 Å². The minimum atomic E-state index is -0.962. The van der Waals surface area contributed by atoms with Crippen molar-refractivity contribution in [1.82, 2.24) is 0 Å². The van der Waals surface area contributed by atoms with Crippen LogP contribution in [0.25, 0.3) is 0 Å². The summed E-state index contributed by atoms with van der Waals surface area (Å²) < 4.78 is 19.6. The lowest BCUT2D eigenvalue weighted by Crippen LogP contribution is -2.22. The summed E-state index contributed by atoms with van der Waals surface area (Å²) in [6.45, 7) is 6.57. The molecule has 0 rings (SSSR count). The fraction of sp³-hybridized carbons (Fsp3) is 0.765. The molecule has 0 saturated carbocycles. The van der Waals surface area contributed by atoms with Gasteiger partial charge in [0, 0.05) is 39.5 Å². The highest BCUT2D eigenvalue weighted by Gasteiger charge is 2.16. The second-order valence-corrected chi connectivity index (χ2v) is 5.45. The zero-order valence-electron chi connectivity index (χ0n) is 15.4. The predicted molar refractivity (Wildman–Crippen MR) is 87.0 cm³/mol. The molecule has 0 fully saturated rings. The number of hydrogen-bond donors (Lipinski definition) is 0. The van der Waals surface area contributed by atoms with Gasteiger partial charge in [0.2, 0.25) is 12.6 Å². The van der Waals surface area contributed by atoms with Crippen LogP contribution in [0.3, 0.4) is 0 Å². The van der Waals surface area contributed by atoms with Gasteiger partial charge in [0.15, 0.2) is 0 Å². The average Bonchev–Trinajstić information content (AvgIpc) is 2.46. The lowest BCUT2D eigenvalue weighted by Gasteiger charge is -2.14. The smallest absolute Gasteiger partial charge is 0.308 e. The van der Waals surface area contributed by atoms with Crippen LogP contribution in [0.2, 0.25) is 0 Å². The minimum Gasteiger partial charge on any atom is -0.425 e. The predicted octanol–water partition coefficient (Wildman–Crippen LogP) is 2.62. The van der Waals surface area contributed by atoms with Gasteiger partial charge in [0.05, 0.1) is 0 Å². The zero-order chi connectivity index (χ0) is 19.2. The molecule has 2 unspecified atom stereocenters. The van der Waals surface area contributed by atoms with E-state index in [0.29, 0.717) is 12.8 Å². The molecule has 0 bridgehead atoms. The lowest BCUT2D eigenvalue weighted by atomic mass is 10.2. The second-order valence-electron chi connectivity index (χ2n) is 5.45. The van der Waals surface area contributed by atoms with Crippen molar-refractivity contribution in [3.05, 3.63) is 0 Å². The highest BCUT2D eigenvalue weighted by atomic mass is 16.7. The maximum Gasteiger partial charge on any atom is 0.308 e. The van der Waals surface area contributed by atoms with Crippen molar-refractivity contribution in [3.63, 3.8) is 0 Å². The zero-order valence-corrected chi connectivity index (χ0v) is 15.4. The fourth-order valence-electron chi connectivity index (χ4n) is 1.81. The van der Waals surface area contributed by atoms with E-state index in [1.54, 1.807) is 0 Å². The van der Waals surface area contributed by atoms with Crippen molar-refractivity contribution >= 4 is 23.9 Å². The minimum absolute atomic E-state index is 0.0191. The van der Waals surface area contributed by atoms with E-state index in [4.69, 9.17) is 18.9 Å². The fourth-order valence-corrected chi connectivity index (χ4v) is 1.81. The van der Waals surface area contributed by atoms with Crippen LogP contribution in [0.5, 0.6) is 0 Å². The maximum atomic E-state index is 11.6. The summed E-state index contributed by atoms with van der Waals surface area (Å²) in [6, 6.07) is 0. The topological polar surface area (TPSA) is 105 Å². The molecule has 8 nitrogen and oxygen atoms in total. The molecule has 0 radical (unpaired) electrons. The molecule has 0 N–H and O–H groups in total. The van der Waals surface area contributed by atoms with Crippen LogP contribution in [-0.2, 0) is 38.1 Å². The van der Waals surface area contributed by atoms with Crippen molar-refractivity contribution < 1.29 is 38.1 Å².